The zero-order valence-corrected chi connectivity index (χ0v) is 14.2. The second-order valence-electron chi connectivity index (χ2n) is 5.28. The average molecular weight is 369 g/mol. The summed E-state index contributed by atoms with van der Waals surface area (Å²) in [5.74, 6) is 0.176. The van der Waals surface area contributed by atoms with Crippen LogP contribution in [0.25, 0.3) is 0 Å². The number of hydrogen-bond donors (Lipinski definition) is 1. The first-order valence-corrected chi connectivity index (χ1v) is 7.61. The number of nitrogens with one attached hydrogen (secondary N) is 1. The minimum Gasteiger partial charge on any atom is -0.497 e. The first-order chi connectivity index (χ1) is 12.3. The maximum absolute atomic E-state index is 12.9. The number of alkyl halides is 3. The molecule has 0 radical (unpaired) electrons. The Kier molecular flexibility index (Phi) is 6.32. The summed E-state index contributed by atoms with van der Waals surface area (Å²) >= 11 is 0. The maximum atomic E-state index is 12.9. The number of ether oxygens (including phenoxy) is 3. The van der Waals surface area contributed by atoms with Gasteiger partial charge in [-0.2, -0.15) is 13.2 Å². The number of rotatable bonds is 7. The summed E-state index contributed by atoms with van der Waals surface area (Å²) in [6, 6.07) is 9.84. The van der Waals surface area contributed by atoms with Crippen LogP contribution in [0.2, 0.25) is 0 Å². The Bertz CT molecular complexity index is 740. The van der Waals surface area contributed by atoms with Crippen LogP contribution in [0.4, 0.5) is 13.2 Å². The highest BCUT2D eigenvalue weighted by Crippen LogP contribution is 2.35. The SMILES string of the molecule is COc1cc(CNC(=O)COc2ccccc2C(F)(F)F)cc(OC)c1. The third-order valence-corrected chi connectivity index (χ3v) is 3.45. The van der Waals surface area contributed by atoms with Crippen molar-refractivity contribution in [2.45, 2.75) is 12.7 Å². The maximum Gasteiger partial charge on any atom is 0.419 e. The minimum atomic E-state index is -4.55. The Morgan fingerprint density at radius 2 is 1.65 bits per heavy atom. The minimum absolute atomic E-state index is 0.149. The van der Waals surface area contributed by atoms with Crippen LogP contribution in [0, 0.1) is 0 Å². The van der Waals surface area contributed by atoms with Gasteiger partial charge in [-0.1, -0.05) is 12.1 Å². The molecule has 140 valence electrons. The fourth-order valence-corrected chi connectivity index (χ4v) is 2.19. The molecule has 2 aromatic carbocycles. The predicted molar refractivity (Wildman–Crippen MR) is 88.3 cm³/mol. The Morgan fingerprint density at radius 1 is 1.04 bits per heavy atom. The lowest BCUT2D eigenvalue weighted by Gasteiger charge is -2.14. The van der Waals surface area contributed by atoms with Crippen LogP contribution in [0.5, 0.6) is 17.2 Å². The fraction of sp³-hybridized carbons (Fsp3) is 0.278. The molecule has 0 saturated carbocycles. The highest BCUT2D eigenvalue weighted by atomic mass is 19.4. The average Bonchev–Trinajstić information content (AvgIpc) is 2.63. The van der Waals surface area contributed by atoms with Gasteiger partial charge in [0.2, 0.25) is 0 Å². The zero-order chi connectivity index (χ0) is 19.2. The molecule has 0 spiro atoms. The molecular formula is C18H18F3NO4. The Labute approximate surface area is 148 Å². The summed E-state index contributed by atoms with van der Waals surface area (Å²) in [5.41, 5.74) is -0.212. The molecule has 2 aromatic rings. The summed E-state index contributed by atoms with van der Waals surface area (Å²) in [6.07, 6.45) is -4.55. The Hall–Kier alpha value is -2.90. The smallest absolute Gasteiger partial charge is 0.419 e. The number of benzene rings is 2. The standard InChI is InChI=1S/C18H18F3NO4/c1-24-13-7-12(8-14(9-13)25-2)10-22-17(23)11-26-16-6-4-3-5-15(16)18(19,20)21/h3-9H,10-11H2,1-2H3,(H,22,23). The number of methoxy groups -OCH3 is 2. The van der Waals surface area contributed by atoms with Crippen molar-refractivity contribution in [2.75, 3.05) is 20.8 Å². The van der Waals surface area contributed by atoms with Gasteiger partial charge in [-0.3, -0.25) is 4.79 Å². The summed E-state index contributed by atoms with van der Waals surface area (Å²) in [6.45, 7) is -0.384. The molecule has 5 nitrogen and oxygen atoms in total. The van der Waals surface area contributed by atoms with E-state index in [-0.39, 0.29) is 6.54 Å². The van der Waals surface area contributed by atoms with E-state index >= 15 is 0 Å². The molecule has 0 heterocycles. The van der Waals surface area contributed by atoms with Crippen LogP contribution in [-0.4, -0.2) is 26.7 Å². The summed E-state index contributed by atoms with van der Waals surface area (Å²) in [7, 11) is 3.01. The number of hydrogen-bond acceptors (Lipinski definition) is 4. The third kappa shape index (κ3) is 5.30. The molecule has 2 rings (SSSR count). The Morgan fingerprint density at radius 3 is 2.23 bits per heavy atom. The van der Waals surface area contributed by atoms with Gasteiger partial charge in [0.25, 0.3) is 5.91 Å². The van der Waals surface area contributed by atoms with E-state index in [1.54, 1.807) is 18.2 Å². The van der Waals surface area contributed by atoms with Gasteiger partial charge in [-0.05, 0) is 29.8 Å². The zero-order valence-electron chi connectivity index (χ0n) is 14.2. The van der Waals surface area contributed by atoms with Crippen LogP contribution >= 0.6 is 0 Å². The molecule has 8 heteroatoms. The van der Waals surface area contributed by atoms with Gasteiger partial charge in [0.05, 0.1) is 19.8 Å². The van der Waals surface area contributed by atoms with Crippen LogP contribution in [0.1, 0.15) is 11.1 Å². The van der Waals surface area contributed by atoms with Crippen molar-refractivity contribution in [3.63, 3.8) is 0 Å². The quantitative estimate of drug-likeness (QED) is 0.813. The number of amides is 1. The molecule has 0 fully saturated rings. The van der Waals surface area contributed by atoms with Crippen LogP contribution in [-0.2, 0) is 17.5 Å². The van der Waals surface area contributed by atoms with E-state index in [4.69, 9.17) is 14.2 Å². The van der Waals surface area contributed by atoms with E-state index in [1.807, 2.05) is 0 Å². The summed E-state index contributed by atoms with van der Waals surface area (Å²) in [4.78, 5) is 11.9. The molecule has 26 heavy (non-hydrogen) atoms. The predicted octanol–water partition coefficient (Wildman–Crippen LogP) is 3.42. The van der Waals surface area contributed by atoms with Gasteiger partial charge in [0.1, 0.15) is 17.2 Å². The van der Waals surface area contributed by atoms with Gasteiger partial charge >= 0.3 is 6.18 Å². The van der Waals surface area contributed by atoms with Crippen LogP contribution < -0.4 is 19.5 Å². The second kappa shape index (κ2) is 8.46. The van der Waals surface area contributed by atoms with Crippen molar-refractivity contribution < 1.29 is 32.2 Å². The van der Waals surface area contributed by atoms with Crippen LogP contribution in [0.3, 0.4) is 0 Å². The summed E-state index contributed by atoms with van der Waals surface area (Å²) < 4.78 is 53.9. The number of halogens is 3. The van der Waals surface area contributed by atoms with E-state index < -0.39 is 30.0 Å². The van der Waals surface area contributed by atoms with Gasteiger partial charge in [0, 0.05) is 12.6 Å². The number of para-hydroxylation sites is 1. The normalized spacial score (nSPS) is 11.0. The topological polar surface area (TPSA) is 56.8 Å². The molecule has 0 aliphatic rings. The van der Waals surface area contributed by atoms with E-state index in [9.17, 15) is 18.0 Å². The van der Waals surface area contributed by atoms with Gasteiger partial charge < -0.3 is 19.5 Å². The van der Waals surface area contributed by atoms with Crippen molar-refractivity contribution in [3.05, 3.63) is 53.6 Å². The molecule has 0 aliphatic carbocycles. The highest BCUT2D eigenvalue weighted by Gasteiger charge is 2.34. The van der Waals surface area contributed by atoms with Crippen LogP contribution in [0.15, 0.2) is 42.5 Å². The Balaban J connectivity index is 1.95. The van der Waals surface area contributed by atoms with E-state index in [0.29, 0.717) is 17.1 Å². The van der Waals surface area contributed by atoms with Crippen molar-refractivity contribution in [1.82, 2.24) is 5.32 Å². The molecule has 0 aliphatic heterocycles. The molecule has 1 N–H and O–H groups in total. The lowest BCUT2D eigenvalue weighted by Crippen LogP contribution is -2.28. The molecule has 0 aromatic heterocycles. The molecule has 0 bridgehead atoms. The van der Waals surface area contributed by atoms with Crippen molar-refractivity contribution in [1.29, 1.82) is 0 Å². The van der Waals surface area contributed by atoms with Crippen molar-refractivity contribution in [3.8, 4) is 17.2 Å². The van der Waals surface area contributed by atoms with Crippen molar-refractivity contribution in [2.24, 2.45) is 0 Å². The summed E-state index contributed by atoms with van der Waals surface area (Å²) in [5, 5.41) is 2.57. The molecule has 0 atom stereocenters. The first kappa shape index (κ1) is 19.4. The molecule has 1 amide bonds. The largest absolute Gasteiger partial charge is 0.497 e. The first-order valence-electron chi connectivity index (χ1n) is 7.61. The fourth-order valence-electron chi connectivity index (χ4n) is 2.19. The lowest BCUT2D eigenvalue weighted by molar-refractivity contribution is -0.139. The van der Waals surface area contributed by atoms with Gasteiger partial charge in [0.15, 0.2) is 6.61 Å². The van der Waals surface area contributed by atoms with Gasteiger partial charge in [-0.25, -0.2) is 0 Å². The lowest BCUT2D eigenvalue weighted by atomic mass is 10.2. The molecular weight excluding hydrogens is 351 g/mol. The van der Waals surface area contributed by atoms with E-state index in [0.717, 1.165) is 6.07 Å². The van der Waals surface area contributed by atoms with E-state index in [1.165, 1.54) is 32.4 Å². The monoisotopic (exact) mass is 369 g/mol. The van der Waals surface area contributed by atoms with Gasteiger partial charge in [-0.15, -0.1) is 0 Å². The second-order valence-corrected chi connectivity index (χ2v) is 5.28. The highest BCUT2D eigenvalue weighted by molar-refractivity contribution is 5.77. The number of carbonyl (C=O) groups is 1. The molecule has 0 saturated heterocycles. The number of carbonyl (C=O) groups excluding carboxylic acids is 1. The molecule has 0 unspecified atom stereocenters. The van der Waals surface area contributed by atoms with E-state index in [2.05, 4.69) is 5.32 Å². The van der Waals surface area contributed by atoms with Crippen molar-refractivity contribution >= 4 is 5.91 Å². The third-order valence-electron chi connectivity index (χ3n) is 3.45.